The molecule has 0 atom stereocenters. The van der Waals surface area contributed by atoms with Gasteiger partial charge in [0, 0.05) is 18.3 Å². The maximum absolute atomic E-state index is 12.7. The van der Waals surface area contributed by atoms with Crippen LogP contribution in [0, 0.1) is 0 Å². The predicted octanol–water partition coefficient (Wildman–Crippen LogP) is 2.80. The number of thiophene rings is 1. The van der Waals surface area contributed by atoms with Crippen molar-refractivity contribution in [2.75, 3.05) is 24.2 Å². The lowest BCUT2D eigenvalue weighted by Crippen LogP contribution is -2.34. The molecule has 172 valence electrons. The minimum atomic E-state index is -3.30. The number of hydrogen-bond donors (Lipinski definition) is 1. The molecule has 0 saturated heterocycles. The van der Waals surface area contributed by atoms with Crippen LogP contribution in [0.4, 0.5) is 5.00 Å². The minimum Gasteiger partial charge on any atom is -0.462 e. The summed E-state index contributed by atoms with van der Waals surface area (Å²) in [7, 11) is -3.30. The molecule has 0 saturated carbocycles. The maximum atomic E-state index is 12.7. The molecule has 2 aromatic rings. The van der Waals surface area contributed by atoms with Gasteiger partial charge in [0.2, 0.25) is 11.8 Å². The number of hydrogen-bond acceptors (Lipinski definition) is 7. The van der Waals surface area contributed by atoms with E-state index < -0.39 is 15.8 Å². The smallest absolute Gasteiger partial charge is 0.341 e. The Bertz CT molecular complexity index is 1140. The van der Waals surface area contributed by atoms with Crippen LogP contribution in [0.3, 0.4) is 0 Å². The van der Waals surface area contributed by atoms with Crippen molar-refractivity contribution in [3.8, 4) is 0 Å². The van der Waals surface area contributed by atoms with Gasteiger partial charge in [-0.2, -0.15) is 0 Å². The number of ether oxygens (including phenoxy) is 1. The first-order valence-electron chi connectivity index (χ1n) is 10.3. The summed E-state index contributed by atoms with van der Waals surface area (Å²) in [6, 6.07) is 6.20. The number of amides is 2. The molecular weight excluding hydrogens is 452 g/mol. The third-order valence-electron chi connectivity index (χ3n) is 5.26. The second-order valence-corrected chi connectivity index (χ2v) is 10.8. The van der Waals surface area contributed by atoms with Crippen molar-refractivity contribution in [3.63, 3.8) is 0 Å². The van der Waals surface area contributed by atoms with Crippen LogP contribution in [-0.2, 0) is 43.5 Å². The fourth-order valence-electron chi connectivity index (χ4n) is 3.52. The molecule has 0 spiro atoms. The first-order chi connectivity index (χ1) is 15.2. The number of esters is 1. The summed E-state index contributed by atoms with van der Waals surface area (Å²) in [6.07, 6.45) is 0.541. The first-order valence-corrected chi connectivity index (χ1v) is 12.8. The Morgan fingerprint density at radius 1 is 1.16 bits per heavy atom. The average Bonchev–Trinajstić information content (AvgIpc) is 3.11. The van der Waals surface area contributed by atoms with Gasteiger partial charge in [-0.1, -0.05) is 19.1 Å². The Hall–Kier alpha value is -2.72. The summed E-state index contributed by atoms with van der Waals surface area (Å²) in [5, 5.41) is 3.22. The number of nitrogens with zero attached hydrogens (tertiary/aromatic N) is 1. The van der Waals surface area contributed by atoms with E-state index in [-0.39, 0.29) is 35.5 Å². The molecule has 1 N–H and O–H groups in total. The quantitative estimate of drug-likeness (QED) is 0.613. The highest BCUT2D eigenvalue weighted by Gasteiger charge is 2.30. The molecule has 0 fully saturated rings. The second-order valence-electron chi connectivity index (χ2n) is 7.39. The minimum absolute atomic E-state index is 0.00751. The number of carbonyl (C=O) groups excluding carboxylic acids is 3. The molecule has 32 heavy (non-hydrogen) atoms. The zero-order valence-electron chi connectivity index (χ0n) is 18.3. The van der Waals surface area contributed by atoms with Crippen LogP contribution in [0.1, 0.15) is 47.1 Å². The standard InChI is InChI=1S/C22H26N2O6S2/c1-4-30-22(27)20-17-10-11-24(14(3)25)13-18(17)31-21(20)23-19(26)12-15-6-8-16(9-7-15)32(28,29)5-2/h6-9H,4-5,10-13H2,1-3H3,(H,23,26). The number of rotatable bonds is 7. The highest BCUT2D eigenvalue weighted by molar-refractivity contribution is 7.91. The molecule has 1 aliphatic heterocycles. The Balaban J connectivity index is 1.81. The Labute approximate surface area is 191 Å². The third-order valence-corrected chi connectivity index (χ3v) is 8.14. The molecule has 3 rings (SSSR count). The fraction of sp³-hybridized carbons (Fsp3) is 0.409. The van der Waals surface area contributed by atoms with E-state index in [1.807, 2.05) is 0 Å². The molecule has 1 aromatic carbocycles. The topological polar surface area (TPSA) is 110 Å². The van der Waals surface area contributed by atoms with E-state index in [2.05, 4.69) is 5.32 Å². The summed E-state index contributed by atoms with van der Waals surface area (Å²) in [6.45, 7) is 5.91. The van der Waals surface area contributed by atoms with Crippen LogP contribution in [0.2, 0.25) is 0 Å². The molecule has 2 heterocycles. The van der Waals surface area contributed by atoms with Crippen molar-refractivity contribution < 1.29 is 27.5 Å². The van der Waals surface area contributed by atoms with Crippen molar-refractivity contribution in [1.82, 2.24) is 4.90 Å². The number of nitrogens with one attached hydrogen (secondary N) is 1. The number of sulfone groups is 1. The van der Waals surface area contributed by atoms with E-state index in [0.717, 1.165) is 10.4 Å². The SMILES string of the molecule is CCOC(=O)c1c(NC(=O)Cc2ccc(S(=O)(=O)CC)cc2)sc2c1CCN(C(C)=O)C2. The molecule has 2 amide bonds. The van der Waals surface area contributed by atoms with Crippen LogP contribution in [0.25, 0.3) is 0 Å². The second kappa shape index (κ2) is 9.83. The molecule has 0 aliphatic carbocycles. The van der Waals surface area contributed by atoms with Crippen LogP contribution in [0.5, 0.6) is 0 Å². The van der Waals surface area contributed by atoms with Crippen LogP contribution in [-0.4, -0.2) is 50.0 Å². The zero-order chi connectivity index (χ0) is 23.5. The number of anilines is 1. The highest BCUT2D eigenvalue weighted by atomic mass is 32.2. The van der Waals surface area contributed by atoms with Gasteiger partial charge in [-0.3, -0.25) is 9.59 Å². The van der Waals surface area contributed by atoms with Gasteiger partial charge in [-0.15, -0.1) is 11.3 Å². The van der Waals surface area contributed by atoms with Crippen LogP contribution >= 0.6 is 11.3 Å². The molecule has 10 heteroatoms. The Morgan fingerprint density at radius 2 is 1.84 bits per heavy atom. The monoisotopic (exact) mass is 478 g/mol. The van der Waals surface area contributed by atoms with Gasteiger partial charge >= 0.3 is 5.97 Å². The van der Waals surface area contributed by atoms with Crippen molar-refractivity contribution >= 4 is 44.0 Å². The van der Waals surface area contributed by atoms with Gasteiger partial charge in [0.05, 0.1) is 35.8 Å². The lowest BCUT2D eigenvalue weighted by molar-refractivity contribution is -0.129. The summed E-state index contributed by atoms with van der Waals surface area (Å²) in [5.74, 6) is -0.858. The molecule has 1 aromatic heterocycles. The van der Waals surface area contributed by atoms with Gasteiger partial charge in [0.25, 0.3) is 0 Å². The van der Waals surface area contributed by atoms with Crippen molar-refractivity contribution in [2.45, 2.75) is 45.1 Å². The molecular formula is C22H26N2O6S2. The largest absolute Gasteiger partial charge is 0.462 e. The summed E-state index contributed by atoms with van der Waals surface area (Å²) in [4.78, 5) is 39.8. The van der Waals surface area contributed by atoms with E-state index in [1.165, 1.54) is 30.4 Å². The van der Waals surface area contributed by atoms with Gasteiger partial charge in [-0.05, 0) is 36.6 Å². The first kappa shape index (κ1) is 23.9. The van der Waals surface area contributed by atoms with Crippen molar-refractivity contribution in [2.24, 2.45) is 0 Å². The highest BCUT2D eigenvalue weighted by Crippen LogP contribution is 2.37. The average molecular weight is 479 g/mol. The number of fused-ring (bicyclic) bond motifs is 1. The summed E-state index contributed by atoms with van der Waals surface area (Å²) >= 11 is 1.28. The van der Waals surface area contributed by atoms with Gasteiger partial charge in [0.1, 0.15) is 5.00 Å². The van der Waals surface area contributed by atoms with Crippen molar-refractivity contribution in [3.05, 3.63) is 45.8 Å². The number of carbonyl (C=O) groups is 3. The van der Waals surface area contributed by atoms with Gasteiger partial charge in [0.15, 0.2) is 9.84 Å². The third kappa shape index (κ3) is 5.18. The molecule has 8 nitrogen and oxygen atoms in total. The van der Waals surface area contributed by atoms with E-state index >= 15 is 0 Å². The normalized spacial score (nSPS) is 13.4. The molecule has 1 aliphatic rings. The predicted molar refractivity (Wildman–Crippen MR) is 122 cm³/mol. The van der Waals surface area contributed by atoms with E-state index in [1.54, 1.807) is 30.9 Å². The van der Waals surface area contributed by atoms with Crippen LogP contribution < -0.4 is 5.32 Å². The Kier molecular flexibility index (Phi) is 7.35. The lowest BCUT2D eigenvalue weighted by Gasteiger charge is -2.25. The van der Waals surface area contributed by atoms with Crippen molar-refractivity contribution in [1.29, 1.82) is 0 Å². The van der Waals surface area contributed by atoms with E-state index in [4.69, 9.17) is 4.74 Å². The van der Waals surface area contributed by atoms with Gasteiger partial charge < -0.3 is 15.0 Å². The van der Waals surface area contributed by atoms with E-state index in [0.29, 0.717) is 35.6 Å². The zero-order valence-corrected chi connectivity index (χ0v) is 19.9. The number of benzene rings is 1. The molecule has 0 bridgehead atoms. The lowest BCUT2D eigenvalue weighted by atomic mass is 10.0. The van der Waals surface area contributed by atoms with Gasteiger partial charge in [-0.25, -0.2) is 13.2 Å². The molecule has 0 radical (unpaired) electrons. The molecule has 0 unspecified atom stereocenters. The Morgan fingerprint density at radius 3 is 2.44 bits per heavy atom. The summed E-state index contributed by atoms with van der Waals surface area (Å²) in [5.41, 5.74) is 1.82. The van der Waals surface area contributed by atoms with Crippen LogP contribution in [0.15, 0.2) is 29.2 Å². The fourth-order valence-corrected chi connectivity index (χ4v) is 5.67. The maximum Gasteiger partial charge on any atom is 0.341 e. The van der Waals surface area contributed by atoms with E-state index in [9.17, 15) is 22.8 Å². The summed E-state index contributed by atoms with van der Waals surface area (Å²) < 4.78 is 29.1.